The molecule has 3 rings (SSSR count). The lowest BCUT2D eigenvalue weighted by molar-refractivity contribution is 0.409. The van der Waals surface area contributed by atoms with Gasteiger partial charge in [0, 0.05) is 17.6 Å². The molecule has 89 valence electrons. The van der Waals surface area contributed by atoms with Crippen LogP contribution >= 0.6 is 0 Å². The van der Waals surface area contributed by atoms with Gasteiger partial charge in [-0.2, -0.15) is 0 Å². The van der Waals surface area contributed by atoms with Crippen LogP contribution in [0.1, 0.15) is 0 Å². The van der Waals surface area contributed by atoms with Gasteiger partial charge in [0.05, 0.1) is 18.3 Å². The molecule has 0 aliphatic rings. The zero-order chi connectivity index (χ0) is 12.5. The van der Waals surface area contributed by atoms with Crippen molar-refractivity contribution in [1.29, 1.82) is 0 Å². The molecule has 3 aromatic rings. The summed E-state index contributed by atoms with van der Waals surface area (Å²) in [5.41, 5.74) is 1.86. The second-order valence-corrected chi connectivity index (χ2v) is 3.99. The summed E-state index contributed by atoms with van der Waals surface area (Å²) in [6, 6.07) is 15.3. The zero-order valence-corrected chi connectivity index (χ0v) is 9.85. The van der Waals surface area contributed by atoms with Crippen molar-refractivity contribution < 1.29 is 9.13 Å². The van der Waals surface area contributed by atoms with Crippen molar-refractivity contribution in [3.05, 3.63) is 60.5 Å². The minimum atomic E-state index is -0.305. The van der Waals surface area contributed by atoms with Crippen LogP contribution in [0.25, 0.3) is 16.6 Å². The van der Waals surface area contributed by atoms with Crippen LogP contribution in [-0.2, 0) is 0 Å². The smallest absolute Gasteiger partial charge is 0.145 e. The highest BCUT2D eigenvalue weighted by Gasteiger charge is 2.09. The molecule has 0 fully saturated rings. The monoisotopic (exact) mass is 240 g/mol. The van der Waals surface area contributed by atoms with Crippen molar-refractivity contribution in [3.8, 4) is 11.4 Å². The summed E-state index contributed by atoms with van der Waals surface area (Å²) >= 11 is 0. The SMILES string of the molecule is COc1cc(F)ccc1-n1ccc2c[c]ccc21. The Hall–Kier alpha value is -2.29. The molecule has 0 saturated heterocycles. The lowest BCUT2D eigenvalue weighted by atomic mass is 10.2. The Labute approximate surface area is 104 Å². The number of rotatable bonds is 2. The minimum absolute atomic E-state index is 0.305. The second-order valence-electron chi connectivity index (χ2n) is 3.99. The molecule has 1 heterocycles. The highest BCUT2D eigenvalue weighted by Crippen LogP contribution is 2.27. The Morgan fingerprint density at radius 3 is 2.94 bits per heavy atom. The first-order chi connectivity index (χ1) is 8.79. The average Bonchev–Trinajstić information content (AvgIpc) is 2.82. The normalized spacial score (nSPS) is 10.8. The van der Waals surface area contributed by atoms with E-state index in [-0.39, 0.29) is 5.82 Å². The van der Waals surface area contributed by atoms with Crippen LogP contribution in [0.3, 0.4) is 0 Å². The zero-order valence-electron chi connectivity index (χ0n) is 9.85. The van der Waals surface area contributed by atoms with Crippen molar-refractivity contribution in [2.75, 3.05) is 7.11 Å². The van der Waals surface area contributed by atoms with Crippen molar-refractivity contribution in [3.63, 3.8) is 0 Å². The van der Waals surface area contributed by atoms with E-state index in [1.165, 1.54) is 19.2 Å². The van der Waals surface area contributed by atoms with E-state index in [1.54, 1.807) is 6.07 Å². The Kier molecular flexibility index (Phi) is 2.52. The molecule has 0 aliphatic heterocycles. The molecule has 3 heteroatoms. The number of hydrogen-bond donors (Lipinski definition) is 0. The van der Waals surface area contributed by atoms with Gasteiger partial charge in [-0.1, -0.05) is 6.07 Å². The first kappa shape index (κ1) is 10.8. The van der Waals surface area contributed by atoms with Crippen molar-refractivity contribution in [1.82, 2.24) is 4.57 Å². The fourth-order valence-electron chi connectivity index (χ4n) is 2.08. The molecule has 2 aromatic carbocycles. The maximum atomic E-state index is 13.2. The summed E-state index contributed by atoms with van der Waals surface area (Å²) < 4.78 is 20.4. The van der Waals surface area contributed by atoms with Crippen LogP contribution in [0.2, 0.25) is 0 Å². The lowest BCUT2D eigenvalue weighted by Crippen LogP contribution is -1.97. The van der Waals surface area contributed by atoms with Gasteiger partial charge in [-0.25, -0.2) is 4.39 Å². The highest BCUT2D eigenvalue weighted by molar-refractivity contribution is 5.82. The van der Waals surface area contributed by atoms with E-state index in [4.69, 9.17) is 4.74 Å². The first-order valence-corrected chi connectivity index (χ1v) is 5.60. The highest BCUT2D eigenvalue weighted by atomic mass is 19.1. The molecule has 1 aromatic heterocycles. The maximum Gasteiger partial charge on any atom is 0.145 e. The van der Waals surface area contributed by atoms with Crippen molar-refractivity contribution in [2.24, 2.45) is 0 Å². The van der Waals surface area contributed by atoms with Gasteiger partial charge in [-0.05, 0) is 36.4 Å². The minimum Gasteiger partial charge on any atom is -0.494 e. The molecule has 0 N–H and O–H groups in total. The predicted molar refractivity (Wildman–Crippen MR) is 68.6 cm³/mol. The van der Waals surface area contributed by atoms with E-state index >= 15 is 0 Å². The third-order valence-electron chi connectivity index (χ3n) is 2.94. The van der Waals surface area contributed by atoms with Gasteiger partial charge in [0.15, 0.2) is 0 Å². The number of ether oxygens (including phenoxy) is 1. The number of benzene rings is 2. The molecule has 0 saturated carbocycles. The summed E-state index contributed by atoms with van der Waals surface area (Å²) in [6.07, 6.45) is 1.94. The van der Waals surface area contributed by atoms with Gasteiger partial charge in [0.25, 0.3) is 0 Å². The molecule has 2 nitrogen and oxygen atoms in total. The molecule has 0 aliphatic carbocycles. The molecule has 0 bridgehead atoms. The summed E-state index contributed by atoms with van der Waals surface area (Å²) in [5, 5.41) is 1.09. The van der Waals surface area contributed by atoms with Crippen molar-refractivity contribution >= 4 is 10.9 Å². The molecule has 0 atom stereocenters. The number of methoxy groups -OCH3 is 1. The van der Waals surface area contributed by atoms with Crippen LogP contribution in [0, 0.1) is 11.9 Å². The Morgan fingerprint density at radius 1 is 1.22 bits per heavy atom. The molecular formula is C15H11FNO. The Morgan fingerprint density at radius 2 is 2.11 bits per heavy atom. The van der Waals surface area contributed by atoms with Crippen LogP contribution in [-0.4, -0.2) is 11.7 Å². The van der Waals surface area contributed by atoms with E-state index in [9.17, 15) is 4.39 Å². The molecule has 1 radical (unpaired) electrons. The summed E-state index contributed by atoms with van der Waals surface area (Å²) in [7, 11) is 1.54. The van der Waals surface area contributed by atoms with Gasteiger partial charge in [0.2, 0.25) is 0 Å². The van der Waals surface area contributed by atoms with Crippen LogP contribution in [0.5, 0.6) is 5.75 Å². The molecular weight excluding hydrogens is 229 g/mol. The van der Waals surface area contributed by atoms with E-state index in [2.05, 4.69) is 6.07 Å². The number of aromatic nitrogens is 1. The van der Waals surface area contributed by atoms with Crippen LogP contribution in [0.15, 0.2) is 48.7 Å². The summed E-state index contributed by atoms with van der Waals surface area (Å²) in [5.74, 6) is 0.209. The van der Waals surface area contributed by atoms with Crippen molar-refractivity contribution in [2.45, 2.75) is 0 Å². The molecule has 0 amide bonds. The quantitative estimate of drug-likeness (QED) is 0.667. The average molecular weight is 240 g/mol. The number of fused-ring (bicyclic) bond motifs is 1. The Bertz CT molecular complexity index is 703. The molecule has 0 unspecified atom stereocenters. The fourth-order valence-corrected chi connectivity index (χ4v) is 2.08. The van der Waals surface area contributed by atoms with Crippen LogP contribution in [0.4, 0.5) is 4.39 Å². The van der Waals surface area contributed by atoms with Crippen LogP contribution < -0.4 is 4.74 Å². The Balaban J connectivity index is 2.26. The molecule has 0 spiro atoms. The predicted octanol–water partition coefficient (Wildman–Crippen LogP) is 3.58. The topological polar surface area (TPSA) is 14.2 Å². The van der Waals surface area contributed by atoms with E-state index < -0.39 is 0 Å². The number of nitrogens with zero attached hydrogens (tertiary/aromatic N) is 1. The van der Waals surface area contributed by atoms with E-state index in [0.29, 0.717) is 5.75 Å². The first-order valence-electron chi connectivity index (χ1n) is 5.60. The maximum absolute atomic E-state index is 13.2. The van der Waals surface area contributed by atoms with Gasteiger partial charge in [-0.3, -0.25) is 0 Å². The van der Waals surface area contributed by atoms with Gasteiger partial charge in [-0.15, -0.1) is 0 Å². The van der Waals surface area contributed by atoms with Gasteiger partial charge < -0.3 is 9.30 Å². The standard InChI is InChI=1S/C15H11FNO/c1-18-15-10-12(16)6-7-14(15)17-9-8-11-4-2-3-5-13(11)17/h3-10H,1H3. The third kappa shape index (κ3) is 1.64. The second kappa shape index (κ2) is 4.18. The number of hydrogen-bond acceptors (Lipinski definition) is 1. The number of halogens is 1. The summed E-state index contributed by atoms with van der Waals surface area (Å²) in [4.78, 5) is 0. The van der Waals surface area contributed by atoms with E-state index in [0.717, 1.165) is 16.6 Å². The lowest BCUT2D eigenvalue weighted by Gasteiger charge is -2.10. The molecule has 18 heavy (non-hydrogen) atoms. The van der Waals surface area contributed by atoms with Gasteiger partial charge in [0.1, 0.15) is 11.6 Å². The van der Waals surface area contributed by atoms with E-state index in [1.807, 2.05) is 35.0 Å². The largest absolute Gasteiger partial charge is 0.494 e. The summed E-state index contributed by atoms with van der Waals surface area (Å²) in [6.45, 7) is 0. The third-order valence-corrected chi connectivity index (χ3v) is 2.94. The van der Waals surface area contributed by atoms with Gasteiger partial charge >= 0.3 is 0 Å². The fraction of sp³-hybridized carbons (Fsp3) is 0.0667.